The van der Waals surface area contributed by atoms with Crippen molar-refractivity contribution in [1.82, 2.24) is 15.4 Å². The zero-order chi connectivity index (χ0) is 18.4. The molecule has 2 amide bonds. The quantitative estimate of drug-likeness (QED) is 0.548. The second kappa shape index (κ2) is 8.41. The third-order valence-corrected chi connectivity index (χ3v) is 5.45. The Balaban J connectivity index is 1.92. The van der Waals surface area contributed by atoms with E-state index in [0.29, 0.717) is 12.2 Å². The molecule has 1 aromatic carbocycles. The number of hydrogen-bond donors (Lipinski definition) is 4. The van der Waals surface area contributed by atoms with Crippen LogP contribution >= 0.6 is 0 Å². The normalized spacial score (nSPS) is 18.6. The number of benzene rings is 1. The molecule has 0 radical (unpaired) electrons. The maximum Gasteiger partial charge on any atom is 0.241 e. The first-order valence-electron chi connectivity index (χ1n) is 8.19. The number of nitrogens with one attached hydrogen (secondary N) is 4. The van der Waals surface area contributed by atoms with E-state index in [2.05, 4.69) is 20.7 Å². The van der Waals surface area contributed by atoms with Crippen LogP contribution in [0.5, 0.6) is 0 Å². The summed E-state index contributed by atoms with van der Waals surface area (Å²) >= 11 is 0. The van der Waals surface area contributed by atoms with Crippen LogP contribution in [0.25, 0.3) is 0 Å². The monoisotopic (exact) mass is 368 g/mol. The Hall–Kier alpha value is -1.97. The highest BCUT2D eigenvalue weighted by atomic mass is 32.2. The minimum atomic E-state index is -3.83. The topological polar surface area (TPSA) is 116 Å². The zero-order valence-electron chi connectivity index (χ0n) is 14.3. The van der Waals surface area contributed by atoms with Crippen molar-refractivity contribution < 1.29 is 18.0 Å². The molecule has 1 saturated heterocycles. The van der Waals surface area contributed by atoms with E-state index in [1.807, 2.05) is 0 Å². The standard InChI is InChI=1S/C16H24N4O4S/c1-11(16(22)18-10-14-4-3-9-17-14)20-25(23,24)15-7-5-13(6-8-15)19-12(2)21/h5-8,11,14,17,20H,3-4,9-10H2,1-2H3,(H,18,22)(H,19,21). The van der Waals surface area contributed by atoms with Crippen molar-refractivity contribution in [2.24, 2.45) is 0 Å². The van der Waals surface area contributed by atoms with Crippen LogP contribution in [0.1, 0.15) is 26.7 Å². The third kappa shape index (κ3) is 5.80. The van der Waals surface area contributed by atoms with Gasteiger partial charge in [-0.05, 0) is 50.6 Å². The van der Waals surface area contributed by atoms with E-state index in [-0.39, 0.29) is 22.8 Å². The van der Waals surface area contributed by atoms with Crippen LogP contribution in [-0.2, 0) is 19.6 Å². The zero-order valence-corrected chi connectivity index (χ0v) is 15.2. The molecule has 2 atom stereocenters. The number of hydrogen-bond acceptors (Lipinski definition) is 5. The first kappa shape index (κ1) is 19.4. The summed E-state index contributed by atoms with van der Waals surface area (Å²) in [6.07, 6.45) is 2.08. The Morgan fingerprint density at radius 2 is 1.96 bits per heavy atom. The Bertz CT molecular complexity index is 712. The molecule has 0 aromatic heterocycles. The van der Waals surface area contributed by atoms with E-state index in [1.165, 1.54) is 38.1 Å². The van der Waals surface area contributed by atoms with Gasteiger partial charge in [0, 0.05) is 25.2 Å². The van der Waals surface area contributed by atoms with Gasteiger partial charge in [-0.3, -0.25) is 9.59 Å². The Kier molecular flexibility index (Phi) is 6.51. The van der Waals surface area contributed by atoms with Gasteiger partial charge in [0.1, 0.15) is 0 Å². The first-order valence-corrected chi connectivity index (χ1v) is 9.67. The van der Waals surface area contributed by atoms with Crippen LogP contribution in [0, 0.1) is 0 Å². The molecular formula is C16H24N4O4S. The van der Waals surface area contributed by atoms with Crippen molar-refractivity contribution in [2.45, 2.75) is 43.7 Å². The highest BCUT2D eigenvalue weighted by Crippen LogP contribution is 2.14. The molecule has 138 valence electrons. The van der Waals surface area contributed by atoms with E-state index in [1.54, 1.807) is 0 Å². The van der Waals surface area contributed by atoms with Gasteiger partial charge in [-0.15, -0.1) is 0 Å². The lowest BCUT2D eigenvalue weighted by Gasteiger charge is -2.17. The second-order valence-electron chi connectivity index (χ2n) is 6.09. The average molecular weight is 368 g/mol. The Morgan fingerprint density at radius 3 is 2.52 bits per heavy atom. The summed E-state index contributed by atoms with van der Waals surface area (Å²) in [5.41, 5.74) is 0.501. The molecule has 1 aliphatic rings. The van der Waals surface area contributed by atoms with Gasteiger partial charge in [0.25, 0.3) is 0 Å². The number of anilines is 1. The molecule has 25 heavy (non-hydrogen) atoms. The molecule has 2 unspecified atom stereocenters. The SMILES string of the molecule is CC(=O)Nc1ccc(S(=O)(=O)NC(C)C(=O)NCC2CCCN2)cc1. The van der Waals surface area contributed by atoms with Crippen LogP contribution in [0.15, 0.2) is 29.2 Å². The molecule has 1 heterocycles. The van der Waals surface area contributed by atoms with Gasteiger partial charge >= 0.3 is 0 Å². The molecule has 0 spiro atoms. The van der Waals surface area contributed by atoms with Crippen LogP contribution in [0.2, 0.25) is 0 Å². The lowest BCUT2D eigenvalue weighted by molar-refractivity contribution is -0.122. The van der Waals surface area contributed by atoms with E-state index >= 15 is 0 Å². The van der Waals surface area contributed by atoms with Crippen molar-refractivity contribution in [1.29, 1.82) is 0 Å². The molecular weight excluding hydrogens is 344 g/mol. The van der Waals surface area contributed by atoms with Crippen LogP contribution in [0.3, 0.4) is 0 Å². The van der Waals surface area contributed by atoms with E-state index in [0.717, 1.165) is 19.4 Å². The minimum Gasteiger partial charge on any atom is -0.353 e. The van der Waals surface area contributed by atoms with Crippen molar-refractivity contribution in [2.75, 3.05) is 18.4 Å². The van der Waals surface area contributed by atoms with E-state index in [9.17, 15) is 18.0 Å². The molecule has 9 heteroatoms. The van der Waals surface area contributed by atoms with Gasteiger partial charge in [0.2, 0.25) is 21.8 Å². The number of carbonyl (C=O) groups excluding carboxylic acids is 2. The molecule has 1 aliphatic heterocycles. The maximum atomic E-state index is 12.4. The lowest BCUT2D eigenvalue weighted by Crippen LogP contribution is -2.47. The predicted molar refractivity (Wildman–Crippen MR) is 94.6 cm³/mol. The van der Waals surface area contributed by atoms with Gasteiger partial charge in [0.15, 0.2) is 0 Å². The molecule has 1 aromatic rings. The molecule has 0 bridgehead atoms. The van der Waals surface area contributed by atoms with Crippen LogP contribution in [0.4, 0.5) is 5.69 Å². The molecule has 0 aliphatic carbocycles. The van der Waals surface area contributed by atoms with E-state index in [4.69, 9.17) is 0 Å². The molecule has 2 rings (SSSR count). The summed E-state index contributed by atoms with van der Waals surface area (Å²) in [5.74, 6) is -0.608. The molecule has 8 nitrogen and oxygen atoms in total. The predicted octanol–water partition coefficient (Wildman–Crippen LogP) is 0.180. The van der Waals surface area contributed by atoms with Crippen molar-refractivity contribution >= 4 is 27.5 Å². The summed E-state index contributed by atoms with van der Waals surface area (Å²) < 4.78 is 27.1. The first-order chi connectivity index (χ1) is 11.8. The average Bonchev–Trinajstić information content (AvgIpc) is 3.05. The summed E-state index contributed by atoms with van der Waals surface area (Å²) in [7, 11) is -3.83. The van der Waals surface area contributed by atoms with Gasteiger partial charge in [0.05, 0.1) is 10.9 Å². The lowest BCUT2D eigenvalue weighted by atomic mass is 10.2. The number of amides is 2. The van der Waals surface area contributed by atoms with Gasteiger partial charge < -0.3 is 16.0 Å². The fourth-order valence-electron chi connectivity index (χ4n) is 2.58. The largest absolute Gasteiger partial charge is 0.353 e. The van der Waals surface area contributed by atoms with Crippen LogP contribution < -0.4 is 20.7 Å². The van der Waals surface area contributed by atoms with Crippen molar-refractivity contribution in [3.05, 3.63) is 24.3 Å². The number of sulfonamides is 1. The summed E-state index contributed by atoms with van der Waals surface area (Å²) in [4.78, 5) is 23.1. The maximum absolute atomic E-state index is 12.4. The smallest absolute Gasteiger partial charge is 0.241 e. The minimum absolute atomic E-state index is 0.0266. The van der Waals surface area contributed by atoms with Crippen molar-refractivity contribution in [3.8, 4) is 0 Å². The van der Waals surface area contributed by atoms with E-state index < -0.39 is 16.1 Å². The summed E-state index contributed by atoms with van der Waals surface area (Å²) in [6, 6.07) is 5.09. The number of rotatable bonds is 7. The molecule has 4 N–H and O–H groups in total. The highest BCUT2D eigenvalue weighted by molar-refractivity contribution is 7.89. The third-order valence-electron chi connectivity index (χ3n) is 3.90. The van der Waals surface area contributed by atoms with Crippen molar-refractivity contribution in [3.63, 3.8) is 0 Å². The summed E-state index contributed by atoms with van der Waals surface area (Å²) in [5, 5.41) is 8.58. The van der Waals surface area contributed by atoms with Gasteiger partial charge in [-0.1, -0.05) is 0 Å². The fraction of sp³-hybridized carbons (Fsp3) is 0.500. The summed E-state index contributed by atoms with van der Waals surface area (Å²) in [6.45, 7) is 4.29. The highest BCUT2D eigenvalue weighted by Gasteiger charge is 2.23. The Labute approximate surface area is 147 Å². The van der Waals surface area contributed by atoms with Gasteiger partial charge in [-0.25, -0.2) is 8.42 Å². The molecule has 0 saturated carbocycles. The number of carbonyl (C=O) groups is 2. The van der Waals surface area contributed by atoms with Gasteiger partial charge in [-0.2, -0.15) is 4.72 Å². The van der Waals surface area contributed by atoms with Crippen LogP contribution in [-0.4, -0.2) is 45.4 Å². The molecule has 1 fully saturated rings. The fourth-order valence-corrected chi connectivity index (χ4v) is 3.79. The Morgan fingerprint density at radius 1 is 1.28 bits per heavy atom. The second-order valence-corrected chi connectivity index (χ2v) is 7.80.